The van der Waals surface area contributed by atoms with Crippen LogP contribution in [0.2, 0.25) is 0 Å². The maximum atomic E-state index is 13.5. The predicted octanol–water partition coefficient (Wildman–Crippen LogP) is 2.01. The minimum absolute atomic E-state index is 0.411. The molecule has 0 heterocycles. The molecule has 0 spiro atoms. The van der Waals surface area contributed by atoms with Gasteiger partial charge in [0.1, 0.15) is 16.5 Å². The molecule has 4 nitrogen and oxygen atoms in total. The number of hydrogen-bond donors (Lipinski definition) is 2. The van der Waals surface area contributed by atoms with Gasteiger partial charge in [0.05, 0.1) is 5.69 Å². The molecule has 0 saturated carbocycles. The molecule has 0 saturated heterocycles. The first-order valence-corrected chi connectivity index (χ1v) is 6.86. The molecular formula is C11H16F2N2O2S. The fraction of sp³-hybridized carbons (Fsp3) is 0.455. The van der Waals surface area contributed by atoms with Gasteiger partial charge in [-0.1, -0.05) is 6.92 Å². The van der Waals surface area contributed by atoms with Crippen molar-refractivity contribution >= 4 is 15.7 Å². The Morgan fingerprint density at radius 1 is 1.28 bits per heavy atom. The van der Waals surface area contributed by atoms with Gasteiger partial charge in [-0.3, -0.25) is 0 Å². The second kappa shape index (κ2) is 4.81. The van der Waals surface area contributed by atoms with Gasteiger partial charge in [-0.15, -0.1) is 0 Å². The van der Waals surface area contributed by atoms with Crippen LogP contribution in [0.4, 0.5) is 14.5 Å². The largest absolute Gasteiger partial charge is 0.396 e. The average molecular weight is 278 g/mol. The number of halogens is 2. The molecule has 0 aromatic heterocycles. The summed E-state index contributed by atoms with van der Waals surface area (Å²) in [5.41, 5.74) is 4.11. The first-order chi connectivity index (χ1) is 8.09. The lowest BCUT2D eigenvalue weighted by Crippen LogP contribution is -2.42. The summed E-state index contributed by atoms with van der Waals surface area (Å²) in [4.78, 5) is -0.650. The minimum Gasteiger partial charge on any atom is -0.396 e. The molecule has 102 valence electrons. The van der Waals surface area contributed by atoms with Crippen molar-refractivity contribution in [2.45, 2.75) is 37.6 Å². The lowest BCUT2D eigenvalue weighted by Gasteiger charge is -2.24. The topological polar surface area (TPSA) is 72.2 Å². The maximum Gasteiger partial charge on any atom is 0.244 e. The zero-order valence-electron chi connectivity index (χ0n) is 10.4. The number of nitrogens with two attached hydrogens (primary N) is 1. The van der Waals surface area contributed by atoms with Crippen molar-refractivity contribution in [1.29, 1.82) is 0 Å². The smallest absolute Gasteiger partial charge is 0.244 e. The van der Waals surface area contributed by atoms with Crippen LogP contribution in [-0.2, 0) is 10.0 Å². The van der Waals surface area contributed by atoms with Gasteiger partial charge in [-0.25, -0.2) is 21.9 Å². The number of nitrogen functional groups attached to an aromatic ring is 1. The van der Waals surface area contributed by atoms with E-state index in [-0.39, 0.29) is 0 Å². The van der Waals surface area contributed by atoms with E-state index in [1.807, 2.05) is 0 Å². The Labute approximate surface area is 105 Å². The second-order valence-electron chi connectivity index (χ2n) is 4.65. The molecule has 0 radical (unpaired) electrons. The molecule has 3 N–H and O–H groups in total. The molecule has 0 bridgehead atoms. The van der Waals surface area contributed by atoms with Crippen LogP contribution in [0.25, 0.3) is 0 Å². The Hall–Kier alpha value is -1.21. The van der Waals surface area contributed by atoms with Crippen LogP contribution >= 0.6 is 0 Å². The minimum atomic E-state index is -4.07. The maximum absolute atomic E-state index is 13.5. The molecule has 1 rings (SSSR count). The normalized spacial score (nSPS) is 12.7. The van der Waals surface area contributed by atoms with Crippen molar-refractivity contribution in [2.24, 2.45) is 0 Å². The monoisotopic (exact) mass is 278 g/mol. The van der Waals surface area contributed by atoms with E-state index in [4.69, 9.17) is 5.73 Å². The van der Waals surface area contributed by atoms with E-state index in [2.05, 4.69) is 4.72 Å². The van der Waals surface area contributed by atoms with Crippen LogP contribution in [0.3, 0.4) is 0 Å². The molecule has 1 aromatic carbocycles. The molecule has 18 heavy (non-hydrogen) atoms. The summed E-state index contributed by atoms with van der Waals surface area (Å²) in [6.07, 6.45) is 0.518. The number of rotatable bonds is 4. The van der Waals surface area contributed by atoms with E-state index in [9.17, 15) is 17.2 Å². The van der Waals surface area contributed by atoms with E-state index in [0.29, 0.717) is 12.5 Å². The first-order valence-electron chi connectivity index (χ1n) is 5.37. The Morgan fingerprint density at radius 3 is 2.33 bits per heavy atom. The molecule has 0 aliphatic heterocycles. The van der Waals surface area contributed by atoms with E-state index < -0.39 is 37.8 Å². The van der Waals surface area contributed by atoms with Crippen molar-refractivity contribution in [3.05, 3.63) is 23.8 Å². The standard InChI is InChI=1S/C11H16F2N2O2S/c1-4-11(2,3)15-18(16,17)10-6-9(14)7(12)5-8(10)13/h5-6,15H,4,14H2,1-3H3. The van der Waals surface area contributed by atoms with Gasteiger partial charge >= 0.3 is 0 Å². The van der Waals surface area contributed by atoms with Gasteiger partial charge < -0.3 is 5.73 Å². The highest BCUT2D eigenvalue weighted by Gasteiger charge is 2.27. The van der Waals surface area contributed by atoms with Gasteiger partial charge in [0.2, 0.25) is 10.0 Å². The van der Waals surface area contributed by atoms with E-state index >= 15 is 0 Å². The lowest BCUT2D eigenvalue weighted by molar-refractivity contribution is 0.437. The predicted molar refractivity (Wildman–Crippen MR) is 65.5 cm³/mol. The molecular weight excluding hydrogens is 262 g/mol. The van der Waals surface area contributed by atoms with Crippen molar-refractivity contribution < 1.29 is 17.2 Å². The summed E-state index contributed by atoms with van der Waals surface area (Å²) < 4.78 is 52.7. The number of sulfonamides is 1. The number of anilines is 1. The summed E-state index contributed by atoms with van der Waals surface area (Å²) in [7, 11) is -4.07. The molecule has 0 unspecified atom stereocenters. The summed E-state index contributed by atoms with van der Waals surface area (Å²) in [5.74, 6) is -2.15. The third-order valence-electron chi connectivity index (χ3n) is 2.64. The van der Waals surface area contributed by atoms with Crippen molar-refractivity contribution in [2.75, 3.05) is 5.73 Å². The van der Waals surface area contributed by atoms with Crippen molar-refractivity contribution in [1.82, 2.24) is 4.72 Å². The van der Waals surface area contributed by atoms with Gasteiger partial charge in [0, 0.05) is 11.6 Å². The summed E-state index contributed by atoms with van der Waals surface area (Å²) in [6.45, 7) is 5.11. The Morgan fingerprint density at radius 2 is 1.83 bits per heavy atom. The molecule has 0 fully saturated rings. The molecule has 0 aliphatic carbocycles. The number of benzene rings is 1. The van der Waals surface area contributed by atoms with Crippen molar-refractivity contribution in [3.8, 4) is 0 Å². The zero-order chi connectivity index (χ0) is 14.1. The average Bonchev–Trinajstić information content (AvgIpc) is 2.21. The zero-order valence-corrected chi connectivity index (χ0v) is 11.2. The van der Waals surface area contributed by atoms with Gasteiger partial charge in [-0.2, -0.15) is 0 Å². The van der Waals surface area contributed by atoms with Crippen LogP contribution in [0.1, 0.15) is 27.2 Å². The van der Waals surface area contributed by atoms with Crippen LogP contribution < -0.4 is 10.5 Å². The van der Waals surface area contributed by atoms with Gasteiger partial charge in [0.25, 0.3) is 0 Å². The lowest BCUT2D eigenvalue weighted by atomic mass is 10.0. The number of nitrogens with one attached hydrogen (secondary N) is 1. The summed E-state index contributed by atoms with van der Waals surface area (Å²) >= 11 is 0. The Balaban J connectivity index is 3.26. The highest BCUT2D eigenvalue weighted by Crippen LogP contribution is 2.22. The van der Waals surface area contributed by atoms with Crippen LogP contribution in [-0.4, -0.2) is 14.0 Å². The Bertz CT molecular complexity index is 556. The van der Waals surface area contributed by atoms with E-state index in [0.717, 1.165) is 6.07 Å². The molecule has 1 aromatic rings. The molecule has 0 atom stereocenters. The number of hydrogen-bond acceptors (Lipinski definition) is 3. The van der Waals surface area contributed by atoms with Crippen LogP contribution in [0.5, 0.6) is 0 Å². The van der Waals surface area contributed by atoms with Gasteiger partial charge in [-0.05, 0) is 26.3 Å². The van der Waals surface area contributed by atoms with E-state index in [1.165, 1.54) is 0 Å². The molecule has 0 aliphatic rings. The SMILES string of the molecule is CCC(C)(C)NS(=O)(=O)c1cc(N)c(F)cc1F. The fourth-order valence-electron chi connectivity index (χ4n) is 1.24. The Kier molecular flexibility index (Phi) is 3.97. The third-order valence-corrected chi connectivity index (χ3v) is 4.35. The quantitative estimate of drug-likeness (QED) is 0.828. The van der Waals surface area contributed by atoms with Crippen molar-refractivity contribution in [3.63, 3.8) is 0 Å². The van der Waals surface area contributed by atoms with Crippen LogP contribution in [0, 0.1) is 11.6 Å². The fourth-order valence-corrected chi connectivity index (χ4v) is 2.82. The van der Waals surface area contributed by atoms with Crippen LogP contribution in [0.15, 0.2) is 17.0 Å². The van der Waals surface area contributed by atoms with E-state index in [1.54, 1.807) is 20.8 Å². The molecule has 7 heteroatoms. The summed E-state index contributed by atoms with van der Waals surface area (Å²) in [5, 5.41) is 0. The first kappa shape index (κ1) is 14.8. The summed E-state index contributed by atoms with van der Waals surface area (Å²) in [6, 6.07) is 1.24. The van der Waals surface area contributed by atoms with Gasteiger partial charge in [0.15, 0.2) is 0 Å². The molecule has 0 amide bonds. The highest BCUT2D eigenvalue weighted by atomic mass is 32.2. The third kappa shape index (κ3) is 3.17. The highest BCUT2D eigenvalue weighted by molar-refractivity contribution is 7.89. The second-order valence-corrected chi connectivity index (χ2v) is 6.30.